The Morgan fingerprint density at radius 1 is 0.315 bits per heavy atom. The Kier molecular flexibility index (Phi) is 58.5. The number of esters is 4. The molecule has 19 heteroatoms. The SMILES string of the molecule is CCC(C)CCCCCCCCCCCCC(=O)O[C@H](COC(=O)CCCCCCCCC(C)CC)COP(=O)(O)OC[C@H](O)COP(=O)(O)OC[C@@H](COC(=O)CCCCCCCCCCCCCCCC(C)C)OC(=O)CCCCCCCCC(C)C. The van der Waals surface area contributed by atoms with Crippen molar-refractivity contribution in [2.45, 2.75) is 363 Å². The lowest BCUT2D eigenvalue weighted by Gasteiger charge is -2.21. The average molecular weight is 1310 g/mol. The van der Waals surface area contributed by atoms with E-state index >= 15 is 0 Å². The first-order valence-corrected chi connectivity index (χ1v) is 39.3. The summed E-state index contributed by atoms with van der Waals surface area (Å²) in [6.07, 6.45) is 41.8. The third-order valence-corrected chi connectivity index (χ3v) is 18.7. The highest BCUT2D eigenvalue weighted by Gasteiger charge is 2.30. The molecule has 3 N–H and O–H groups in total. The maximum Gasteiger partial charge on any atom is 0.472 e. The molecule has 0 amide bonds. The van der Waals surface area contributed by atoms with E-state index in [2.05, 4.69) is 55.4 Å². The van der Waals surface area contributed by atoms with Crippen molar-refractivity contribution in [3.05, 3.63) is 0 Å². The molecule has 0 fully saturated rings. The Balaban J connectivity index is 5.21. The van der Waals surface area contributed by atoms with Crippen molar-refractivity contribution < 1.29 is 80.2 Å². The van der Waals surface area contributed by atoms with Gasteiger partial charge in [-0.2, -0.15) is 0 Å². The van der Waals surface area contributed by atoms with Crippen molar-refractivity contribution in [2.75, 3.05) is 39.6 Å². The quantitative estimate of drug-likeness (QED) is 0.0222. The molecule has 0 aromatic heterocycles. The molecule has 0 spiro atoms. The van der Waals surface area contributed by atoms with Gasteiger partial charge in [0.15, 0.2) is 12.2 Å². The molecule has 89 heavy (non-hydrogen) atoms. The number of hydrogen-bond donors (Lipinski definition) is 3. The normalized spacial score (nSPS) is 14.9. The number of unbranched alkanes of at least 4 members (excludes halogenated alkanes) is 31. The van der Waals surface area contributed by atoms with E-state index in [-0.39, 0.29) is 25.7 Å². The first kappa shape index (κ1) is 87.1. The number of aliphatic hydroxyl groups is 1. The minimum Gasteiger partial charge on any atom is -0.462 e. The van der Waals surface area contributed by atoms with E-state index in [1.54, 1.807) is 0 Å². The number of rotatable bonds is 67. The fraction of sp³-hybridized carbons (Fsp3) is 0.943. The predicted octanol–water partition coefficient (Wildman–Crippen LogP) is 19.7. The van der Waals surface area contributed by atoms with Gasteiger partial charge in [0.25, 0.3) is 0 Å². The number of carbonyl (C=O) groups is 4. The smallest absolute Gasteiger partial charge is 0.462 e. The van der Waals surface area contributed by atoms with Crippen molar-refractivity contribution in [1.29, 1.82) is 0 Å². The van der Waals surface area contributed by atoms with Crippen molar-refractivity contribution >= 4 is 39.5 Å². The molecule has 0 aromatic rings. The van der Waals surface area contributed by atoms with Gasteiger partial charge >= 0.3 is 39.5 Å². The second kappa shape index (κ2) is 59.8. The highest BCUT2D eigenvalue weighted by Crippen LogP contribution is 2.45. The van der Waals surface area contributed by atoms with E-state index in [4.69, 9.17) is 37.0 Å². The van der Waals surface area contributed by atoms with E-state index in [1.165, 1.54) is 141 Å². The summed E-state index contributed by atoms with van der Waals surface area (Å²) in [6, 6.07) is 0. The molecule has 0 aliphatic rings. The van der Waals surface area contributed by atoms with Gasteiger partial charge in [-0.15, -0.1) is 0 Å². The molecule has 0 aliphatic heterocycles. The molecule has 0 saturated carbocycles. The van der Waals surface area contributed by atoms with Gasteiger partial charge in [-0.05, 0) is 49.4 Å². The van der Waals surface area contributed by atoms with Crippen LogP contribution in [0.5, 0.6) is 0 Å². The molecule has 0 heterocycles. The third kappa shape index (κ3) is 62.0. The van der Waals surface area contributed by atoms with Gasteiger partial charge in [-0.25, -0.2) is 9.13 Å². The van der Waals surface area contributed by atoms with E-state index < -0.39 is 97.5 Å². The van der Waals surface area contributed by atoms with Crippen LogP contribution in [0.15, 0.2) is 0 Å². The molecule has 4 unspecified atom stereocenters. The number of phosphoric acid groups is 2. The fourth-order valence-electron chi connectivity index (χ4n) is 10.4. The summed E-state index contributed by atoms with van der Waals surface area (Å²) in [7, 11) is -9.90. The largest absolute Gasteiger partial charge is 0.472 e. The zero-order chi connectivity index (χ0) is 66.1. The number of carbonyl (C=O) groups excluding carboxylic acids is 4. The van der Waals surface area contributed by atoms with E-state index in [0.29, 0.717) is 31.6 Å². The lowest BCUT2D eigenvalue weighted by atomic mass is 9.99. The summed E-state index contributed by atoms with van der Waals surface area (Å²) in [5, 5.41) is 10.6. The highest BCUT2D eigenvalue weighted by atomic mass is 31.2. The Bertz CT molecular complexity index is 1770. The van der Waals surface area contributed by atoms with Gasteiger partial charge in [0.2, 0.25) is 0 Å². The summed E-state index contributed by atoms with van der Waals surface area (Å²) in [5.41, 5.74) is 0. The standard InChI is InChI=1S/C70H136O17P2/c1-9-62(7)48-40-32-23-19-16-17-21-25-36-44-52-69(74)86-65(57-81-68(73)51-43-35-29-27-33-41-49-63(8)10-2)58-84-88(76,77)82-54-64(71)55-83-89(78,79)85-59-66(87-70(75)53-45-37-28-26-31-39-47-61(5)6)56-80-67(72)50-42-34-24-20-15-13-11-12-14-18-22-30-38-46-60(3)4/h60-66,71H,9-59H2,1-8H3,(H,76,77)(H,78,79)/t62?,63?,64-,65+,66+/m0/s1. The topological polar surface area (TPSA) is 237 Å². The Labute approximate surface area is 543 Å². The van der Waals surface area contributed by atoms with Crippen LogP contribution in [0.3, 0.4) is 0 Å². The van der Waals surface area contributed by atoms with Crippen LogP contribution in [0.4, 0.5) is 0 Å². The molecule has 7 atom stereocenters. The van der Waals surface area contributed by atoms with Gasteiger partial charge in [0, 0.05) is 25.7 Å². The molecular weight excluding hydrogens is 1170 g/mol. The minimum atomic E-state index is -4.95. The summed E-state index contributed by atoms with van der Waals surface area (Å²) in [6.45, 7) is 14.1. The zero-order valence-electron chi connectivity index (χ0n) is 58.1. The molecule has 528 valence electrons. The number of hydrogen-bond acceptors (Lipinski definition) is 15. The first-order valence-electron chi connectivity index (χ1n) is 36.3. The molecule has 17 nitrogen and oxygen atoms in total. The Hall–Kier alpha value is -1.94. The minimum absolute atomic E-state index is 0.102. The highest BCUT2D eigenvalue weighted by molar-refractivity contribution is 7.47. The molecule has 0 aromatic carbocycles. The number of phosphoric ester groups is 2. The van der Waals surface area contributed by atoms with Gasteiger partial charge in [-0.3, -0.25) is 37.3 Å². The third-order valence-electron chi connectivity index (χ3n) is 16.8. The fourth-order valence-corrected chi connectivity index (χ4v) is 12.0. The molecule has 0 bridgehead atoms. The lowest BCUT2D eigenvalue weighted by Crippen LogP contribution is -2.30. The first-order chi connectivity index (χ1) is 42.7. The molecular formula is C70H136O17P2. The molecule has 0 aliphatic carbocycles. The van der Waals surface area contributed by atoms with Crippen molar-refractivity contribution in [3.63, 3.8) is 0 Å². The monoisotopic (exact) mass is 1310 g/mol. The second-order valence-electron chi connectivity index (χ2n) is 26.7. The van der Waals surface area contributed by atoms with Crippen LogP contribution in [0.1, 0.15) is 344 Å². The van der Waals surface area contributed by atoms with Crippen LogP contribution in [-0.4, -0.2) is 96.7 Å². The van der Waals surface area contributed by atoms with E-state index in [0.717, 1.165) is 114 Å². The van der Waals surface area contributed by atoms with Crippen LogP contribution in [0, 0.1) is 23.7 Å². The average Bonchev–Trinajstić information content (AvgIpc) is 3.51. The predicted molar refractivity (Wildman–Crippen MR) is 358 cm³/mol. The summed E-state index contributed by atoms with van der Waals surface area (Å²) in [4.78, 5) is 72.5. The number of aliphatic hydroxyl groups excluding tert-OH is 1. The van der Waals surface area contributed by atoms with E-state index in [1.807, 2.05) is 0 Å². The van der Waals surface area contributed by atoms with Crippen LogP contribution < -0.4 is 0 Å². The lowest BCUT2D eigenvalue weighted by molar-refractivity contribution is -0.161. The molecule has 0 radical (unpaired) electrons. The van der Waals surface area contributed by atoms with Gasteiger partial charge in [-0.1, -0.05) is 293 Å². The van der Waals surface area contributed by atoms with Gasteiger partial charge in [0.1, 0.15) is 19.3 Å². The summed E-state index contributed by atoms with van der Waals surface area (Å²) < 4.78 is 68.2. The van der Waals surface area contributed by atoms with Crippen molar-refractivity contribution in [3.8, 4) is 0 Å². The second-order valence-corrected chi connectivity index (χ2v) is 29.6. The van der Waals surface area contributed by atoms with Crippen molar-refractivity contribution in [2.24, 2.45) is 23.7 Å². The number of ether oxygens (including phenoxy) is 4. The molecule has 0 saturated heterocycles. The van der Waals surface area contributed by atoms with Crippen molar-refractivity contribution in [1.82, 2.24) is 0 Å². The maximum absolute atomic E-state index is 13.0. The Morgan fingerprint density at radius 3 is 0.798 bits per heavy atom. The van der Waals surface area contributed by atoms with Gasteiger partial charge < -0.3 is 33.8 Å². The summed E-state index contributed by atoms with van der Waals surface area (Å²) in [5.74, 6) is 0.860. The van der Waals surface area contributed by atoms with Gasteiger partial charge in [0.05, 0.1) is 26.4 Å². The van der Waals surface area contributed by atoms with Crippen LogP contribution >= 0.6 is 15.6 Å². The Morgan fingerprint density at radius 2 is 0.539 bits per heavy atom. The molecule has 0 rings (SSSR count). The van der Waals surface area contributed by atoms with Crippen LogP contribution in [-0.2, 0) is 65.4 Å². The van der Waals surface area contributed by atoms with Crippen LogP contribution in [0.25, 0.3) is 0 Å². The van der Waals surface area contributed by atoms with E-state index in [9.17, 15) is 43.2 Å². The maximum atomic E-state index is 13.0. The summed E-state index contributed by atoms with van der Waals surface area (Å²) >= 11 is 0. The van der Waals surface area contributed by atoms with Crippen LogP contribution in [0.2, 0.25) is 0 Å². The zero-order valence-corrected chi connectivity index (χ0v) is 59.8.